The van der Waals surface area contributed by atoms with Crippen LogP contribution >= 0.6 is 22.9 Å². The summed E-state index contributed by atoms with van der Waals surface area (Å²) in [6, 6.07) is 7.52. The number of halogens is 1. The first-order valence-electron chi connectivity index (χ1n) is 6.82. The quantitative estimate of drug-likeness (QED) is 0.847. The summed E-state index contributed by atoms with van der Waals surface area (Å²) >= 11 is 7.20. The van der Waals surface area contributed by atoms with Crippen LogP contribution in [0.5, 0.6) is 0 Å². The van der Waals surface area contributed by atoms with E-state index in [0.717, 1.165) is 12.0 Å². The van der Waals surface area contributed by atoms with Gasteiger partial charge in [0.25, 0.3) is 5.91 Å². The maximum atomic E-state index is 12.1. The van der Waals surface area contributed by atoms with E-state index in [-0.39, 0.29) is 23.7 Å². The molecule has 0 saturated heterocycles. The minimum Gasteiger partial charge on any atom is -0.273 e. The highest BCUT2D eigenvalue weighted by atomic mass is 35.5. The first-order valence-corrected chi connectivity index (χ1v) is 8.08. The summed E-state index contributed by atoms with van der Waals surface area (Å²) in [5, 5.41) is 0.664. The van der Waals surface area contributed by atoms with Crippen molar-refractivity contribution in [1.82, 2.24) is 15.8 Å². The fraction of sp³-hybridized carbons (Fsp3) is 0.267. The van der Waals surface area contributed by atoms with Crippen LogP contribution in [0.1, 0.15) is 33.3 Å². The lowest BCUT2D eigenvalue weighted by Crippen LogP contribution is -2.42. The molecule has 2 N–H and O–H groups in total. The number of thiazole rings is 1. The molecule has 0 aliphatic heterocycles. The van der Waals surface area contributed by atoms with Gasteiger partial charge in [0.05, 0.1) is 11.2 Å². The number of aromatic nitrogens is 1. The number of hydrogen-bond donors (Lipinski definition) is 2. The predicted octanol–water partition coefficient (Wildman–Crippen LogP) is 2.67. The van der Waals surface area contributed by atoms with Gasteiger partial charge in [0.2, 0.25) is 5.91 Å². The zero-order chi connectivity index (χ0) is 15.7. The molecule has 22 heavy (non-hydrogen) atoms. The Morgan fingerprint density at radius 1 is 1.36 bits per heavy atom. The molecule has 1 aliphatic carbocycles. The molecule has 1 fully saturated rings. The Balaban J connectivity index is 1.54. The molecular formula is C15H14ClN3O2S. The molecule has 1 saturated carbocycles. The Morgan fingerprint density at radius 2 is 2.18 bits per heavy atom. The lowest BCUT2D eigenvalue weighted by molar-refractivity contribution is -0.123. The summed E-state index contributed by atoms with van der Waals surface area (Å²) in [6.07, 6.45) is 0.766. The van der Waals surface area contributed by atoms with E-state index in [2.05, 4.69) is 15.8 Å². The van der Waals surface area contributed by atoms with Gasteiger partial charge in [-0.2, -0.15) is 0 Å². The van der Waals surface area contributed by atoms with E-state index < -0.39 is 0 Å². The van der Waals surface area contributed by atoms with Crippen molar-refractivity contribution in [2.75, 3.05) is 0 Å². The third kappa shape index (κ3) is 3.13. The van der Waals surface area contributed by atoms with Crippen LogP contribution in [0.15, 0.2) is 29.8 Å². The summed E-state index contributed by atoms with van der Waals surface area (Å²) in [6.45, 7) is 1.75. The third-order valence-electron chi connectivity index (χ3n) is 3.66. The van der Waals surface area contributed by atoms with E-state index in [1.165, 1.54) is 11.3 Å². The lowest BCUT2D eigenvalue weighted by atomic mass is 10.1. The normalized spacial score (nSPS) is 19.5. The average Bonchev–Trinajstić information content (AvgIpc) is 3.19. The number of nitrogens with one attached hydrogen (secondary N) is 2. The van der Waals surface area contributed by atoms with E-state index in [4.69, 9.17) is 11.6 Å². The standard InChI is InChI=1S/C15H14ClN3O2S/c1-8-13(22-7-17-8)15(21)19-18-14(20)12-6-11(12)9-3-2-4-10(16)5-9/h2-5,7,11-12H,6H2,1H3,(H,18,20)(H,19,21)/t11-,12+/m1/s1. The molecule has 0 spiro atoms. The third-order valence-corrected chi connectivity index (χ3v) is 4.82. The van der Waals surface area contributed by atoms with Crippen molar-refractivity contribution >= 4 is 34.8 Å². The molecule has 1 heterocycles. The highest BCUT2D eigenvalue weighted by Gasteiger charge is 2.44. The van der Waals surface area contributed by atoms with Crippen LogP contribution in [-0.2, 0) is 4.79 Å². The molecule has 2 aromatic rings. The maximum absolute atomic E-state index is 12.1. The molecule has 114 valence electrons. The van der Waals surface area contributed by atoms with Crippen molar-refractivity contribution in [3.05, 3.63) is 50.9 Å². The van der Waals surface area contributed by atoms with Gasteiger partial charge in [0, 0.05) is 10.9 Å². The van der Waals surface area contributed by atoms with Crippen LogP contribution in [0.4, 0.5) is 0 Å². The fourth-order valence-corrected chi connectivity index (χ4v) is 3.27. The number of hydrazine groups is 1. The molecule has 0 unspecified atom stereocenters. The molecule has 1 aliphatic rings. The highest BCUT2D eigenvalue weighted by Crippen LogP contribution is 2.47. The Hall–Kier alpha value is -1.92. The van der Waals surface area contributed by atoms with Crippen LogP contribution in [0.25, 0.3) is 0 Å². The molecule has 5 nitrogen and oxygen atoms in total. The van der Waals surface area contributed by atoms with E-state index in [0.29, 0.717) is 15.6 Å². The SMILES string of the molecule is Cc1ncsc1C(=O)NNC(=O)[C@H]1C[C@@H]1c1cccc(Cl)c1. The minimum absolute atomic E-state index is 0.124. The first kappa shape index (κ1) is 15.0. The van der Waals surface area contributed by atoms with E-state index in [1.807, 2.05) is 18.2 Å². The topological polar surface area (TPSA) is 71.1 Å². The number of rotatable bonds is 3. The summed E-state index contributed by atoms with van der Waals surface area (Å²) in [4.78, 5) is 28.5. The number of hydrogen-bond acceptors (Lipinski definition) is 4. The van der Waals surface area contributed by atoms with Crippen LogP contribution < -0.4 is 10.9 Å². The van der Waals surface area contributed by atoms with Crippen molar-refractivity contribution in [2.45, 2.75) is 19.3 Å². The van der Waals surface area contributed by atoms with Crippen LogP contribution in [0.3, 0.4) is 0 Å². The number of benzene rings is 1. The van der Waals surface area contributed by atoms with Gasteiger partial charge < -0.3 is 0 Å². The van der Waals surface area contributed by atoms with Crippen molar-refractivity contribution in [3.63, 3.8) is 0 Å². The van der Waals surface area contributed by atoms with Gasteiger partial charge in [-0.05, 0) is 37.0 Å². The largest absolute Gasteiger partial charge is 0.281 e. The molecule has 1 aromatic heterocycles. The number of carbonyl (C=O) groups is 2. The smallest absolute Gasteiger partial charge is 0.273 e. The zero-order valence-electron chi connectivity index (χ0n) is 11.8. The van der Waals surface area contributed by atoms with Crippen LogP contribution in [0, 0.1) is 12.8 Å². The average molecular weight is 336 g/mol. The molecule has 0 radical (unpaired) electrons. The Bertz CT molecular complexity index is 731. The molecule has 7 heteroatoms. The minimum atomic E-state index is -0.340. The zero-order valence-corrected chi connectivity index (χ0v) is 13.4. The first-order chi connectivity index (χ1) is 10.6. The second-order valence-corrected chi connectivity index (χ2v) is 6.51. The molecule has 2 atom stereocenters. The number of nitrogens with zero attached hydrogens (tertiary/aromatic N) is 1. The Labute approximate surface area is 136 Å². The van der Waals surface area contributed by atoms with E-state index in [9.17, 15) is 9.59 Å². The molecule has 2 amide bonds. The van der Waals surface area contributed by atoms with Crippen molar-refractivity contribution in [1.29, 1.82) is 0 Å². The molecule has 3 rings (SSSR count). The van der Waals surface area contributed by atoms with Crippen molar-refractivity contribution in [3.8, 4) is 0 Å². The molecule has 0 bridgehead atoms. The van der Waals surface area contributed by atoms with Crippen molar-refractivity contribution < 1.29 is 9.59 Å². The predicted molar refractivity (Wildman–Crippen MR) is 84.8 cm³/mol. The fourth-order valence-electron chi connectivity index (χ4n) is 2.38. The molecular weight excluding hydrogens is 322 g/mol. The number of aryl methyl sites for hydroxylation is 1. The van der Waals surface area contributed by atoms with Crippen LogP contribution in [0.2, 0.25) is 5.02 Å². The highest BCUT2D eigenvalue weighted by molar-refractivity contribution is 7.11. The monoisotopic (exact) mass is 335 g/mol. The van der Waals surface area contributed by atoms with Crippen LogP contribution in [-0.4, -0.2) is 16.8 Å². The van der Waals surface area contributed by atoms with Crippen molar-refractivity contribution in [2.24, 2.45) is 5.92 Å². The Morgan fingerprint density at radius 3 is 2.86 bits per heavy atom. The van der Waals surface area contributed by atoms with Gasteiger partial charge in [-0.15, -0.1) is 11.3 Å². The summed E-state index contributed by atoms with van der Waals surface area (Å²) in [5.41, 5.74) is 8.22. The van der Waals surface area contributed by atoms with Gasteiger partial charge in [-0.1, -0.05) is 23.7 Å². The second-order valence-electron chi connectivity index (χ2n) is 5.21. The maximum Gasteiger partial charge on any atom is 0.281 e. The van der Waals surface area contributed by atoms with E-state index in [1.54, 1.807) is 18.5 Å². The van der Waals surface area contributed by atoms with Gasteiger partial charge >= 0.3 is 0 Å². The van der Waals surface area contributed by atoms with Gasteiger partial charge in [0.15, 0.2) is 0 Å². The second kappa shape index (κ2) is 6.06. The summed E-state index contributed by atoms with van der Waals surface area (Å²) in [7, 11) is 0. The summed E-state index contributed by atoms with van der Waals surface area (Å²) < 4.78 is 0. The Kier molecular flexibility index (Phi) is 4.13. The van der Waals surface area contributed by atoms with E-state index >= 15 is 0 Å². The van der Waals surface area contributed by atoms with Gasteiger partial charge in [-0.25, -0.2) is 4.98 Å². The van der Waals surface area contributed by atoms with Gasteiger partial charge in [-0.3, -0.25) is 20.4 Å². The number of amides is 2. The molecule has 1 aromatic carbocycles. The number of carbonyl (C=O) groups excluding carboxylic acids is 2. The lowest BCUT2D eigenvalue weighted by Gasteiger charge is -2.06. The summed E-state index contributed by atoms with van der Waals surface area (Å²) in [5.74, 6) is -0.476. The van der Waals surface area contributed by atoms with Gasteiger partial charge in [0.1, 0.15) is 4.88 Å².